The van der Waals surface area contributed by atoms with E-state index in [9.17, 15) is 4.79 Å². The van der Waals surface area contributed by atoms with Crippen LogP contribution in [0.15, 0.2) is 24.0 Å². The minimum Gasteiger partial charge on any atom is -0.497 e. The number of aryl methyl sites for hydroxylation is 2. The second kappa shape index (κ2) is 6.28. The lowest BCUT2D eigenvalue weighted by Gasteiger charge is -2.32. The number of hydrogen-bond donors (Lipinski definition) is 0. The van der Waals surface area contributed by atoms with Gasteiger partial charge in [0.05, 0.1) is 12.2 Å². The van der Waals surface area contributed by atoms with Crippen molar-refractivity contribution in [2.75, 3.05) is 6.61 Å². The Morgan fingerprint density at radius 2 is 1.86 bits per heavy atom. The van der Waals surface area contributed by atoms with Crippen LogP contribution >= 0.6 is 0 Å². The molecule has 0 fully saturated rings. The Morgan fingerprint density at radius 1 is 1.18 bits per heavy atom. The van der Waals surface area contributed by atoms with E-state index in [1.165, 1.54) is 5.56 Å². The summed E-state index contributed by atoms with van der Waals surface area (Å²) in [5.74, 6) is 1.54. The van der Waals surface area contributed by atoms with Crippen LogP contribution in [0, 0.1) is 25.2 Å². The number of ketones is 1. The normalized spacial score (nSPS) is 18.0. The molecule has 0 saturated carbocycles. The number of carbonyl (C=O) groups is 1. The Morgan fingerprint density at radius 3 is 2.45 bits per heavy atom. The minimum atomic E-state index is -0.0223. The summed E-state index contributed by atoms with van der Waals surface area (Å²) in [6, 6.07) is 6.27. The Bertz CT molecular complexity index is 606. The molecule has 0 aliphatic heterocycles. The molecule has 120 valence electrons. The van der Waals surface area contributed by atoms with Crippen LogP contribution in [-0.2, 0) is 9.53 Å². The van der Waals surface area contributed by atoms with E-state index in [-0.39, 0.29) is 11.2 Å². The van der Waals surface area contributed by atoms with Crippen molar-refractivity contribution in [2.24, 2.45) is 11.3 Å². The second-order valence-corrected chi connectivity index (χ2v) is 7.76. The van der Waals surface area contributed by atoms with Crippen molar-refractivity contribution in [1.82, 2.24) is 0 Å². The van der Waals surface area contributed by atoms with Gasteiger partial charge in [0.1, 0.15) is 5.76 Å². The van der Waals surface area contributed by atoms with Crippen LogP contribution in [0.25, 0.3) is 5.57 Å². The second-order valence-electron chi connectivity index (χ2n) is 7.76. The van der Waals surface area contributed by atoms with Crippen LogP contribution in [0.5, 0.6) is 0 Å². The van der Waals surface area contributed by atoms with Gasteiger partial charge in [-0.05, 0) is 36.3 Å². The zero-order valence-electron chi connectivity index (χ0n) is 14.7. The molecule has 0 unspecified atom stereocenters. The van der Waals surface area contributed by atoms with Gasteiger partial charge in [-0.25, -0.2) is 0 Å². The zero-order valence-corrected chi connectivity index (χ0v) is 14.7. The van der Waals surface area contributed by atoms with Crippen LogP contribution in [0.2, 0.25) is 0 Å². The molecule has 0 saturated heterocycles. The Hall–Kier alpha value is -1.57. The van der Waals surface area contributed by atoms with E-state index >= 15 is 0 Å². The van der Waals surface area contributed by atoms with Crippen LogP contribution < -0.4 is 0 Å². The Labute approximate surface area is 134 Å². The van der Waals surface area contributed by atoms with Gasteiger partial charge >= 0.3 is 0 Å². The van der Waals surface area contributed by atoms with Gasteiger partial charge in [0.2, 0.25) is 0 Å². The average Bonchev–Trinajstić information content (AvgIpc) is 2.36. The SMILES string of the molecule is Cc1ccc(C2=C(OCC(C)C)CC(C)(C)CC2=O)c(C)c1. The predicted octanol–water partition coefficient (Wildman–Crippen LogP) is 5.08. The average molecular weight is 300 g/mol. The van der Waals surface area contributed by atoms with Crippen molar-refractivity contribution in [3.8, 4) is 0 Å². The Balaban J connectivity index is 2.50. The van der Waals surface area contributed by atoms with E-state index in [1.807, 2.05) is 0 Å². The highest BCUT2D eigenvalue weighted by Crippen LogP contribution is 2.41. The topological polar surface area (TPSA) is 26.3 Å². The monoisotopic (exact) mass is 300 g/mol. The summed E-state index contributed by atoms with van der Waals surface area (Å²) in [4.78, 5) is 12.8. The number of rotatable bonds is 4. The zero-order chi connectivity index (χ0) is 16.5. The summed E-state index contributed by atoms with van der Waals surface area (Å²) < 4.78 is 6.06. The molecule has 1 aliphatic carbocycles. The lowest BCUT2D eigenvalue weighted by molar-refractivity contribution is -0.116. The smallest absolute Gasteiger partial charge is 0.167 e. The molecule has 0 aromatic heterocycles. The molecule has 1 aromatic rings. The molecular weight excluding hydrogens is 272 g/mol. The molecule has 1 aliphatic rings. The van der Waals surface area contributed by atoms with Crippen LogP contribution in [0.1, 0.15) is 57.2 Å². The number of benzene rings is 1. The largest absolute Gasteiger partial charge is 0.497 e. The molecule has 0 atom stereocenters. The first-order valence-electron chi connectivity index (χ1n) is 8.16. The number of allylic oxidation sites excluding steroid dienone is 2. The van der Waals surface area contributed by atoms with Crippen molar-refractivity contribution in [3.63, 3.8) is 0 Å². The van der Waals surface area contributed by atoms with Crippen molar-refractivity contribution in [1.29, 1.82) is 0 Å². The highest BCUT2D eigenvalue weighted by molar-refractivity contribution is 6.22. The summed E-state index contributed by atoms with van der Waals surface area (Å²) in [7, 11) is 0. The van der Waals surface area contributed by atoms with Crippen LogP contribution in [0.4, 0.5) is 0 Å². The maximum atomic E-state index is 12.8. The minimum absolute atomic E-state index is 0.0223. The van der Waals surface area contributed by atoms with Crippen LogP contribution in [-0.4, -0.2) is 12.4 Å². The quantitative estimate of drug-likeness (QED) is 0.775. The molecule has 0 heterocycles. The first-order valence-corrected chi connectivity index (χ1v) is 8.16. The van der Waals surface area contributed by atoms with Gasteiger partial charge in [0, 0.05) is 12.8 Å². The van der Waals surface area contributed by atoms with Crippen LogP contribution in [0.3, 0.4) is 0 Å². The van der Waals surface area contributed by atoms with E-state index < -0.39 is 0 Å². The maximum Gasteiger partial charge on any atom is 0.167 e. The lowest BCUT2D eigenvalue weighted by Crippen LogP contribution is -2.27. The summed E-state index contributed by atoms with van der Waals surface area (Å²) in [5.41, 5.74) is 4.18. The van der Waals surface area contributed by atoms with E-state index in [4.69, 9.17) is 4.74 Å². The van der Waals surface area contributed by atoms with Crippen molar-refractivity contribution < 1.29 is 9.53 Å². The Kier molecular flexibility index (Phi) is 4.79. The number of carbonyl (C=O) groups excluding carboxylic acids is 1. The van der Waals surface area contributed by atoms with Gasteiger partial charge in [-0.1, -0.05) is 51.5 Å². The number of hydrogen-bond acceptors (Lipinski definition) is 2. The summed E-state index contributed by atoms with van der Waals surface area (Å²) in [6.45, 7) is 13.4. The van der Waals surface area contributed by atoms with Gasteiger partial charge < -0.3 is 4.74 Å². The molecule has 0 amide bonds. The van der Waals surface area contributed by atoms with E-state index in [0.717, 1.165) is 28.9 Å². The number of ether oxygens (including phenoxy) is 1. The first-order chi connectivity index (χ1) is 10.2. The molecule has 0 N–H and O–H groups in total. The third kappa shape index (κ3) is 3.79. The van der Waals surface area contributed by atoms with E-state index in [1.54, 1.807) is 0 Å². The van der Waals surface area contributed by atoms with Gasteiger partial charge in [0.25, 0.3) is 0 Å². The van der Waals surface area contributed by atoms with E-state index in [0.29, 0.717) is 18.9 Å². The molecule has 0 radical (unpaired) electrons. The molecule has 2 rings (SSSR count). The fourth-order valence-electron chi connectivity index (χ4n) is 3.05. The van der Waals surface area contributed by atoms with Gasteiger partial charge in [-0.15, -0.1) is 0 Å². The van der Waals surface area contributed by atoms with E-state index in [2.05, 4.69) is 59.7 Å². The third-order valence-electron chi connectivity index (χ3n) is 4.08. The van der Waals surface area contributed by atoms with Gasteiger partial charge in [-0.3, -0.25) is 4.79 Å². The summed E-state index contributed by atoms with van der Waals surface area (Å²) >= 11 is 0. The molecule has 22 heavy (non-hydrogen) atoms. The molecule has 0 spiro atoms. The van der Waals surface area contributed by atoms with Gasteiger partial charge in [0.15, 0.2) is 5.78 Å². The fourth-order valence-corrected chi connectivity index (χ4v) is 3.05. The third-order valence-corrected chi connectivity index (χ3v) is 4.08. The number of Topliss-reactive ketones (excluding diaryl/α,β-unsaturated/α-hetero) is 1. The van der Waals surface area contributed by atoms with Crippen molar-refractivity contribution in [3.05, 3.63) is 40.6 Å². The summed E-state index contributed by atoms with van der Waals surface area (Å²) in [5, 5.41) is 0. The summed E-state index contributed by atoms with van der Waals surface area (Å²) in [6.07, 6.45) is 1.41. The first kappa shape index (κ1) is 16.8. The van der Waals surface area contributed by atoms with Crippen molar-refractivity contribution in [2.45, 2.75) is 54.4 Å². The fraction of sp³-hybridized carbons (Fsp3) is 0.550. The molecule has 1 aromatic carbocycles. The van der Waals surface area contributed by atoms with Gasteiger partial charge in [-0.2, -0.15) is 0 Å². The highest BCUT2D eigenvalue weighted by Gasteiger charge is 2.35. The molecule has 2 heteroatoms. The van der Waals surface area contributed by atoms with Crippen molar-refractivity contribution >= 4 is 11.4 Å². The molecular formula is C20H28O2. The standard InChI is InChI=1S/C20H28O2/c1-13(2)12-22-18-11-20(5,6)10-17(21)19(18)16-8-7-14(3)9-15(16)4/h7-9,13H,10-12H2,1-6H3. The predicted molar refractivity (Wildman–Crippen MR) is 91.6 cm³/mol. The molecule has 0 bridgehead atoms. The lowest BCUT2D eigenvalue weighted by atomic mass is 9.74. The maximum absolute atomic E-state index is 12.8. The highest BCUT2D eigenvalue weighted by atomic mass is 16.5. The molecule has 2 nitrogen and oxygen atoms in total.